The second kappa shape index (κ2) is 6.38. The Morgan fingerprint density at radius 1 is 1.21 bits per heavy atom. The normalized spacial score (nSPS) is 12.8. The van der Waals surface area contributed by atoms with Crippen LogP contribution in [0.4, 0.5) is 0 Å². The fraction of sp³-hybridized carbons (Fsp3) is 0.846. The molecule has 0 radical (unpaired) electrons. The van der Waals surface area contributed by atoms with Crippen molar-refractivity contribution in [3.63, 3.8) is 0 Å². The molecule has 0 N–H and O–H groups in total. The van der Waals surface area contributed by atoms with E-state index in [1.54, 1.807) is 34.6 Å². The number of hydrogen-bond donors (Lipinski definition) is 0. The molecule has 0 aromatic carbocycles. The highest BCUT2D eigenvalue weighted by Crippen LogP contribution is 2.21. The summed E-state index contributed by atoms with van der Waals surface area (Å²) in [6.45, 7) is 8.58. The summed E-state index contributed by atoms with van der Waals surface area (Å²) in [7, 11) is -3.47. The number of hydrogen-bond acceptors (Lipinski definition) is 5. The molecule has 0 aliphatic heterocycles. The smallest absolute Gasteiger partial charge is 0.321 e. The summed E-state index contributed by atoms with van der Waals surface area (Å²) in [5.41, 5.74) is -1.23. The van der Waals surface area contributed by atoms with Crippen molar-refractivity contribution in [1.82, 2.24) is 0 Å². The molecule has 0 aromatic rings. The van der Waals surface area contributed by atoms with E-state index in [1.165, 1.54) is 0 Å². The SMILES string of the molecule is CC(C)(C#N)CCCS(=O)(=O)CC(=O)OC(C)(C)C. The van der Waals surface area contributed by atoms with Gasteiger partial charge in [0.05, 0.1) is 17.2 Å². The summed E-state index contributed by atoms with van der Waals surface area (Å²) >= 11 is 0. The molecule has 0 atom stereocenters. The molecule has 0 aliphatic carbocycles. The molecule has 0 bridgehead atoms. The fourth-order valence-electron chi connectivity index (χ4n) is 1.41. The van der Waals surface area contributed by atoms with E-state index < -0.39 is 32.6 Å². The number of nitriles is 1. The minimum Gasteiger partial charge on any atom is -0.459 e. The topological polar surface area (TPSA) is 84.2 Å². The van der Waals surface area contributed by atoms with Gasteiger partial charge in [0.2, 0.25) is 0 Å². The highest BCUT2D eigenvalue weighted by molar-refractivity contribution is 7.92. The molecule has 0 saturated heterocycles. The van der Waals surface area contributed by atoms with Crippen LogP contribution >= 0.6 is 0 Å². The van der Waals surface area contributed by atoms with Crippen LogP contribution in [0.2, 0.25) is 0 Å². The largest absolute Gasteiger partial charge is 0.459 e. The maximum atomic E-state index is 11.7. The minimum atomic E-state index is -3.47. The lowest BCUT2D eigenvalue weighted by atomic mass is 9.90. The molecule has 0 amide bonds. The van der Waals surface area contributed by atoms with E-state index in [-0.39, 0.29) is 5.75 Å². The molecule has 6 heteroatoms. The lowest BCUT2D eigenvalue weighted by Gasteiger charge is -2.19. The molecule has 0 unspecified atom stereocenters. The van der Waals surface area contributed by atoms with Gasteiger partial charge < -0.3 is 4.74 Å². The van der Waals surface area contributed by atoms with Crippen LogP contribution in [0, 0.1) is 16.7 Å². The third kappa shape index (κ3) is 9.48. The van der Waals surface area contributed by atoms with Gasteiger partial charge in [-0.05, 0) is 47.5 Å². The van der Waals surface area contributed by atoms with Gasteiger partial charge in [-0.3, -0.25) is 4.79 Å². The summed E-state index contributed by atoms with van der Waals surface area (Å²) < 4.78 is 28.4. The predicted molar refractivity (Wildman–Crippen MR) is 73.1 cm³/mol. The first-order valence-electron chi connectivity index (χ1n) is 6.20. The summed E-state index contributed by atoms with van der Waals surface area (Å²) in [5.74, 6) is -1.43. The molecule has 110 valence electrons. The first-order chi connectivity index (χ1) is 8.37. The Morgan fingerprint density at radius 3 is 2.16 bits per heavy atom. The molecule has 0 saturated carbocycles. The van der Waals surface area contributed by atoms with Gasteiger partial charge in [0, 0.05) is 0 Å². The summed E-state index contributed by atoms with van der Waals surface area (Å²) in [6, 6.07) is 2.11. The van der Waals surface area contributed by atoms with Crippen molar-refractivity contribution < 1.29 is 17.9 Å². The fourth-order valence-corrected chi connectivity index (χ4v) is 2.56. The van der Waals surface area contributed by atoms with Gasteiger partial charge in [0.1, 0.15) is 11.4 Å². The molecule has 0 fully saturated rings. The van der Waals surface area contributed by atoms with Crippen molar-refractivity contribution in [2.45, 2.75) is 53.1 Å². The minimum absolute atomic E-state index is 0.0998. The van der Waals surface area contributed by atoms with Crippen LogP contribution in [0.15, 0.2) is 0 Å². The van der Waals surface area contributed by atoms with E-state index >= 15 is 0 Å². The number of rotatable bonds is 6. The van der Waals surface area contributed by atoms with E-state index in [0.29, 0.717) is 12.8 Å². The maximum Gasteiger partial charge on any atom is 0.321 e. The summed E-state index contributed by atoms with van der Waals surface area (Å²) in [5, 5.41) is 8.82. The zero-order chi connectivity index (χ0) is 15.3. The van der Waals surface area contributed by atoms with Gasteiger partial charge in [-0.1, -0.05) is 0 Å². The van der Waals surface area contributed by atoms with Crippen molar-refractivity contribution in [3.8, 4) is 6.07 Å². The van der Waals surface area contributed by atoms with Gasteiger partial charge in [-0.2, -0.15) is 5.26 Å². The highest BCUT2D eigenvalue weighted by atomic mass is 32.2. The van der Waals surface area contributed by atoms with Crippen molar-refractivity contribution >= 4 is 15.8 Å². The van der Waals surface area contributed by atoms with Crippen LogP contribution in [-0.2, 0) is 19.4 Å². The first-order valence-corrected chi connectivity index (χ1v) is 8.03. The second-order valence-corrected chi connectivity index (χ2v) is 8.46. The highest BCUT2D eigenvalue weighted by Gasteiger charge is 2.24. The van der Waals surface area contributed by atoms with E-state index in [9.17, 15) is 13.2 Å². The van der Waals surface area contributed by atoms with Crippen LogP contribution in [0.3, 0.4) is 0 Å². The number of ether oxygens (including phenoxy) is 1. The van der Waals surface area contributed by atoms with Gasteiger partial charge in [0.15, 0.2) is 9.84 Å². The zero-order valence-corrected chi connectivity index (χ0v) is 13.1. The van der Waals surface area contributed by atoms with Crippen molar-refractivity contribution in [2.24, 2.45) is 5.41 Å². The van der Waals surface area contributed by atoms with Crippen molar-refractivity contribution in [2.75, 3.05) is 11.5 Å². The third-order valence-corrected chi connectivity index (χ3v) is 3.90. The monoisotopic (exact) mass is 289 g/mol. The average molecular weight is 289 g/mol. The Balaban J connectivity index is 4.29. The third-order valence-electron chi connectivity index (χ3n) is 2.32. The molecular weight excluding hydrogens is 266 g/mol. The maximum absolute atomic E-state index is 11.7. The van der Waals surface area contributed by atoms with E-state index in [2.05, 4.69) is 6.07 Å². The lowest BCUT2D eigenvalue weighted by Crippen LogP contribution is -2.29. The van der Waals surface area contributed by atoms with Crippen LogP contribution < -0.4 is 0 Å². The molecule has 19 heavy (non-hydrogen) atoms. The Labute approximate surface area is 115 Å². The van der Waals surface area contributed by atoms with Crippen molar-refractivity contribution in [1.29, 1.82) is 5.26 Å². The van der Waals surface area contributed by atoms with Gasteiger partial charge in [0.25, 0.3) is 0 Å². The Hall–Kier alpha value is -1.09. The number of sulfone groups is 1. The summed E-state index contributed by atoms with van der Waals surface area (Å²) in [6.07, 6.45) is 0.850. The number of carbonyl (C=O) groups is 1. The second-order valence-electron chi connectivity index (χ2n) is 6.28. The molecular formula is C13H23NO4S. The average Bonchev–Trinajstić information content (AvgIpc) is 2.12. The molecule has 0 rings (SSSR count). The van der Waals surface area contributed by atoms with Crippen LogP contribution in [0.25, 0.3) is 0 Å². The lowest BCUT2D eigenvalue weighted by molar-refractivity contribution is -0.151. The molecule has 0 aromatic heterocycles. The Kier molecular flexibility index (Phi) is 6.01. The number of carbonyl (C=O) groups excluding carboxylic acids is 1. The van der Waals surface area contributed by atoms with Gasteiger partial charge in [-0.15, -0.1) is 0 Å². The summed E-state index contributed by atoms with van der Waals surface area (Å²) in [4.78, 5) is 11.4. The number of nitrogens with zero attached hydrogens (tertiary/aromatic N) is 1. The Morgan fingerprint density at radius 2 is 1.74 bits per heavy atom. The Bertz CT molecular complexity index is 452. The van der Waals surface area contributed by atoms with E-state index in [4.69, 9.17) is 10.00 Å². The molecule has 0 heterocycles. The van der Waals surface area contributed by atoms with Gasteiger partial charge >= 0.3 is 5.97 Å². The zero-order valence-electron chi connectivity index (χ0n) is 12.3. The predicted octanol–water partition coefficient (Wildman–Crippen LogP) is 2.07. The quantitative estimate of drug-likeness (QED) is 0.699. The molecule has 5 nitrogen and oxygen atoms in total. The van der Waals surface area contributed by atoms with Crippen LogP contribution in [-0.4, -0.2) is 31.5 Å². The molecule has 0 aliphatic rings. The van der Waals surface area contributed by atoms with E-state index in [1.807, 2.05) is 0 Å². The molecule has 0 spiro atoms. The van der Waals surface area contributed by atoms with E-state index in [0.717, 1.165) is 0 Å². The van der Waals surface area contributed by atoms with Crippen LogP contribution in [0.1, 0.15) is 47.5 Å². The van der Waals surface area contributed by atoms with Gasteiger partial charge in [-0.25, -0.2) is 8.42 Å². The van der Waals surface area contributed by atoms with Crippen molar-refractivity contribution in [3.05, 3.63) is 0 Å². The first kappa shape index (κ1) is 17.9. The van der Waals surface area contributed by atoms with Crippen LogP contribution in [0.5, 0.6) is 0 Å². The standard InChI is InChI=1S/C13H23NO4S/c1-12(2,3)18-11(15)9-19(16,17)8-6-7-13(4,5)10-14/h6-9H2,1-5H3. The number of esters is 1.